The molecule has 1 aromatic carbocycles. The monoisotopic (exact) mass is 312 g/mol. The van der Waals surface area contributed by atoms with Gasteiger partial charge in [0, 0.05) is 29.3 Å². The van der Waals surface area contributed by atoms with Crippen molar-refractivity contribution in [3.05, 3.63) is 40.9 Å². The number of aliphatic hydroxyl groups excluding tert-OH is 1. The minimum Gasteiger partial charge on any atom is -0.395 e. The van der Waals surface area contributed by atoms with E-state index >= 15 is 0 Å². The molecule has 0 aliphatic heterocycles. The predicted octanol–water partition coefficient (Wildman–Crippen LogP) is 2.71. The van der Waals surface area contributed by atoms with Crippen molar-refractivity contribution >= 4 is 21.6 Å². The first-order chi connectivity index (χ1) is 8.63. The Balaban J connectivity index is 3.15. The first-order valence-electron chi connectivity index (χ1n) is 6.07. The van der Waals surface area contributed by atoms with Crippen LogP contribution in [-0.2, 0) is 0 Å². The maximum Gasteiger partial charge on any atom is 0.0606 e. The number of nitrogens with zero attached hydrogens (tertiary/aromatic N) is 1. The molecule has 100 valence electrons. The van der Waals surface area contributed by atoms with Crippen LogP contribution in [-0.4, -0.2) is 31.9 Å². The van der Waals surface area contributed by atoms with E-state index in [1.54, 1.807) is 0 Å². The van der Waals surface area contributed by atoms with Gasteiger partial charge in [0.25, 0.3) is 0 Å². The number of rotatable bonds is 7. The van der Waals surface area contributed by atoms with Gasteiger partial charge in [0.1, 0.15) is 0 Å². The van der Waals surface area contributed by atoms with Gasteiger partial charge in [-0.1, -0.05) is 28.1 Å². The lowest BCUT2D eigenvalue weighted by Crippen LogP contribution is -2.29. The summed E-state index contributed by atoms with van der Waals surface area (Å²) in [6.07, 6.45) is 1.85. The summed E-state index contributed by atoms with van der Waals surface area (Å²) in [4.78, 5) is 2.13. The maximum atomic E-state index is 9.18. The summed E-state index contributed by atoms with van der Waals surface area (Å²) in [6, 6.07) is 6.49. The van der Waals surface area contributed by atoms with Gasteiger partial charge in [-0.25, -0.2) is 0 Å². The largest absolute Gasteiger partial charge is 0.395 e. The zero-order chi connectivity index (χ0) is 13.5. The Kier molecular flexibility index (Phi) is 6.39. The van der Waals surface area contributed by atoms with Crippen molar-refractivity contribution < 1.29 is 5.11 Å². The minimum atomic E-state index is 0.133. The number of aliphatic hydroxyl groups is 1. The summed E-state index contributed by atoms with van der Waals surface area (Å²) in [5.41, 5.74) is 2.34. The third-order valence-electron chi connectivity index (χ3n) is 2.95. The molecule has 0 saturated carbocycles. The van der Waals surface area contributed by atoms with Crippen LogP contribution in [0.1, 0.15) is 18.5 Å². The Bertz CT molecular complexity index is 395. The number of hydrogen-bond donors (Lipinski definition) is 2. The predicted molar refractivity (Wildman–Crippen MR) is 81.1 cm³/mol. The number of hydrogen-bond acceptors (Lipinski definition) is 3. The second kappa shape index (κ2) is 7.56. The molecule has 0 heterocycles. The van der Waals surface area contributed by atoms with Crippen molar-refractivity contribution in [2.75, 3.05) is 31.6 Å². The molecule has 0 saturated heterocycles. The first-order valence-corrected chi connectivity index (χ1v) is 6.86. The SMILES string of the molecule is C=CCN(CCO)c1cc(Br)ccc1C(C)NC. The summed E-state index contributed by atoms with van der Waals surface area (Å²) < 4.78 is 1.04. The van der Waals surface area contributed by atoms with Gasteiger partial charge >= 0.3 is 0 Å². The fraction of sp³-hybridized carbons (Fsp3) is 0.429. The van der Waals surface area contributed by atoms with Gasteiger partial charge in [0.05, 0.1) is 6.61 Å². The van der Waals surface area contributed by atoms with Crippen LogP contribution in [0.25, 0.3) is 0 Å². The van der Waals surface area contributed by atoms with Crippen LogP contribution in [0.15, 0.2) is 35.3 Å². The summed E-state index contributed by atoms with van der Waals surface area (Å²) in [6.45, 7) is 7.36. The number of anilines is 1. The third kappa shape index (κ3) is 3.83. The van der Waals surface area contributed by atoms with Gasteiger partial charge in [0.2, 0.25) is 0 Å². The molecule has 0 aromatic heterocycles. The highest BCUT2D eigenvalue weighted by molar-refractivity contribution is 9.10. The van der Waals surface area contributed by atoms with Gasteiger partial charge in [-0.2, -0.15) is 0 Å². The number of nitrogens with one attached hydrogen (secondary N) is 1. The van der Waals surface area contributed by atoms with Crippen molar-refractivity contribution in [2.45, 2.75) is 13.0 Å². The van der Waals surface area contributed by atoms with Gasteiger partial charge in [-0.3, -0.25) is 0 Å². The molecule has 0 fully saturated rings. The van der Waals surface area contributed by atoms with Gasteiger partial charge in [-0.15, -0.1) is 6.58 Å². The summed E-state index contributed by atoms with van der Waals surface area (Å²) in [7, 11) is 1.94. The minimum absolute atomic E-state index is 0.133. The van der Waals surface area contributed by atoms with Crippen molar-refractivity contribution in [1.82, 2.24) is 5.32 Å². The number of benzene rings is 1. The smallest absolute Gasteiger partial charge is 0.0606 e. The molecule has 2 N–H and O–H groups in total. The van der Waals surface area contributed by atoms with Crippen molar-refractivity contribution in [1.29, 1.82) is 0 Å². The van der Waals surface area contributed by atoms with Crippen LogP contribution in [0.2, 0.25) is 0 Å². The summed E-state index contributed by atoms with van der Waals surface area (Å²) >= 11 is 3.50. The molecule has 1 aromatic rings. The Morgan fingerprint density at radius 3 is 2.83 bits per heavy atom. The molecule has 0 aliphatic carbocycles. The molecule has 0 radical (unpaired) electrons. The van der Waals surface area contributed by atoms with E-state index in [9.17, 15) is 5.11 Å². The van der Waals surface area contributed by atoms with E-state index in [2.05, 4.69) is 51.8 Å². The fourth-order valence-electron chi connectivity index (χ4n) is 1.90. The Morgan fingerprint density at radius 2 is 2.28 bits per heavy atom. The highest BCUT2D eigenvalue weighted by Crippen LogP contribution is 2.29. The second-order valence-corrected chi connectivity index (χ2v) is 5.09. The average Bonchev–Trinajstić information content (AvgIpc) is 2.37. The molecule has 0 spiro atoms. The van der Waals surface area contributed by atoms with E-state index in [1.165, 1.54) is 5.56 Å². The van der Waals surface area contributed by atoms with Crippen molar-refractivity contribution in [2.24, 2.45) is 0 Å². The molecule has 3 nitrogen and oxygen atoms in total. The van der Waals surface area contributed by atoms with E-state index in [4.69, 9.17) is 0 Å². The highest BCUT2D eigenvalue weighted by atomic mass is 79.9. The topological polar surface area (TPSA) is 35.5 Å². The summed E-state index contributed by atoms with van der Waals surface area (Å²) in [5.74, 6) is 0. The lowest BCUT2D eigenvalue weighted by atomic mass is 10.1. The van der Waals surface area contributed by atoms with E-state index in [1.807, 2.05) is 19.2 Å². The standard InChI is InChI=1S/C14H21BrN2O/c1-4-7-17(8-9-18)14-10-12(15)5-6-13(14)11(2)16-3/h4-6,10-11,16,18H,1,7-9H2,2-3H3. The molecular formula is C14H21BrN2O. The normalized spacial score (nSPS) is 12.2. The zero-order valence-electron chi connectivity index (χ0n) is 11.0. The van der Waals surface area contributed by atoms with E-state index < -0.39 is 0 Å². The van der Waals surface area contributed by atoms with Crippen molar-refractivity contribution in [3.8, 4) is 0 Å². The average molecular weight is 313 g/mol. The molecular weight excluding hydrogens is 292 g/mol. The van der Waals surface area contributed by atoms with E-state index in [0.717, 1.165) is 16.7 Å². The highest BCUT2D eigenvalue weighted by Gasteiger charge is 2.14. The van der Waals surface area contributed by atoms with E-state index in [0.29, 0.717) is 6.54 Å². The molecule has 0 aliphatic rings. The molecule has 4 heteroatoms. The Hall–Kier alpha value is -0.840. The second-order valence-electron chi connectivity index (χ2n) is 4.17. The van der Waals surface area contributed by atoms with Gasteiger partial charge in [0.15, 0.2) is 0 Å². The molecule has 18 heavy (non-hydrogen) atoms. The van der Waals surface area contributed by atoms with Crippen LogP contribution in [0.4, 0.5) is 5.69 Å². The van der Waals surface area contributed by atoms with Crippen LogP contribution < -0.4 is 10.2 Å². The van der Waals surface area contributed by atoms with Crippen LogP contribution >= 0.6 is 15.9 Å². The molecule has 0 bridgehead atoms. The molecule has 1 unspecified atom stereocenters. The van der Waals surface area contributed by atoms with Crippen LogP contribution in [0.5, 0.6) is 0 Å². The molecule has 1 rings (SSSR count). The first kappa shape index (κ1) is 15.2. The maximum absolute atomic E-state index is 9.18. The van der Waals surface area contributed by atoms with Crippen molar-refractivity contribution in [3.63, 3.8) is 0 Å². The van der Waals surface area contributed by atoms with Crippen LogP contribution in [0, 0.1) is 0 Å². The number of halogens is 1. The molecule has 1 atom stereocenters. The zero-order valence-corrected chi connectivity index (χ0v) is 12.6. The van der Waals surface area contributed by atoms with Crippen LogP contribution in [0.3, 0.4) is 0 Å². The fourth-order valence-corrected chi connectivity index (χ4v) is 2.25. The van der Waals surface area contributed by atoms with E-state index in [-0.39, 0.29) is 12.6 Å². The Morgan fingerprint density at radius 1 is 1.56 bits per heavy atom. The van der Waals surface area contributed by atoms with Gasteiger partial charge in [-0.05, 0) is 31.7 Å². The molecule has 0 amide bonds. The quantitative estimate of drug-likeness (QED) is 0.760. The lowest BCUT2D eigenvalue weighted by Gasteiger charge is -2.27. The third-order valence-corrected chi connectivity index (χ3v) is 3.45. The Labute approximate surface area is 118 Å². The summed E-state index contributed by atoms with van der Waals surface area (Å²) in [5, 5.41) is 12.4. The van der Waals surface area contributed by atoms with Gasteiger partial charge < -0.3 is 15.3 Å². The lowest BCUT2D eigenvalue weighted by molar-refractivity contribution is 0.303.